The number of carbonyl (C=O) groups is 1. The molecule has 4 nitrogen and oxygen atoms in total. The number of nitrogens with zero attached hydrogens (tertiary/aromatic N) is 2. The first-order valence-electron chi connectivity index (χ1n) is 7.67. The van der Waals surface area contributed by atoms with Crippen LogP contribution in [0.4, 0.5) is 0 Å². The molecule has 110 valence electrons. The Bertz CT molecular complexity index is 332. The molecular weight excluding hydrogens is 240 g/mol. The van der Waals surface area contributed by atoms with Gasteiger partial charge in [-0.2, -0.15) is 0 Å². The first-order valence-corrected chi connectivity index (χ1v) is 7.67. The van der Waals surface area contributed by atoms with E-state index in [1.165, 1.54) is 19.4 Å². The molecule has 0 bridgehead atoms. The monoisotopic (exact) mass is 268 g/mol. The lowest BCUT2D eigenvalue weighted by molar-refractivity contribution is -0.141. The summed E-state index contributed by atoms with van der Waals surface area (Å²) < 4.78 is 0. The number of carbonyl (C=O) groups excluding carboxylic acids is 1. The van der Waals surface area contributed by atoms with Crippen molar-refractivity contribution in [3.63, 3.8) is 0 Å². The van der Waals surface area contributed by atoms with E-state index in [4.69, 9.17) is 0 Å². The zero-order valence-corrected chi connectivity index (χ0v) is 12.6. The van der Waals surface area contributed by atoms with Crippen molar-refractivity contribution < 1.29 is 9.90 Å². The molecule has 2 saturated heterocycles. The molecule has 2 rings (SSSR count). The zero-order valence-electron chi connectivity index (χ0n) is 12.6. The molecule has 2 unspecified atom stereocenters. The summed E-state index contributed by atoms with van der Waals surface area (Å²) in [5.41, 5.74) is 0.292. The van der Waals surface area contributed by atoms with Gasteiger partial charge in [0.2, 0.25) is 0 Å². The number of aliphatic hydroxyl groups is 1. The highest BCUT2D eigenvalue weighted by Crippen LogP contribution is 2.39. The van der Waals surface area contributed by atoms with Gasteiger partial charge in [0, 0.05) is 25.0 Å². The van der Waals surface area contributed by atoms with Gasteiger partial charge in [0.15, 0.2) is 0 Å². The fourth-order valence-electron chi connectivity index (χ4n) is 3.51. The fourth-order valence-corrected chi connectivity index (χ4v) is 3.51. The molecule has 0 saturated carbocycles. The number of piperidine rings is 1. The van der Waals surface area contributed by atoms with Crippen LogP contribution in [0.15, 0.2) is 0 Å². The van der Waals surface area contributed by atoms with Gasteiger partial charge in [0.05, 0.1) is 0 Å². The summed E-state index contributed by atoms with van der Waals surface area (Å²) in [5.74, 6) is -0.0666. The van der Waals surface area contributed by atoms with Gasteiger partial charge < -0.3 is 14.9 Å². The van der Waals surface area contributed by atoms with E-state index in [9.17, 15) is 9.90 Å². The van der Waals surface area contributed by atoms with Crippen molar-refractivity contribution in [1.82, 2.24) is 9.80 Å². The van der Waals surface area contributed by atoms with Crippen LogP contribution in [0.1, 0.15) is 40.0 Å². The maximum atomic E-state index is 12.2. The molecular formula is C15H28N2O2. The topological polar surface area (TPSA) is 43.8 Å². The van der Waals surface area contributed by atoms with Crippen molar-refractivity contribution in [2.24, 2.45) is 11.3 Å². The van der Waals surface area contributed by atoms with E-state index in [1.807, 2.05) is 18.7 Å². The minimum absolute atomic E-state index is 0.00236. The summed E-state index contributed by atoms with van der Waals surface area (Å²) in [6.45, 7) is 11.1. The normalized spacial score (nSPS) is 30.3. The molecule has 2 heterocycles. The van der Waals surface area contributed by atoms with Gasteiger partial charge in [0.25, 0.3) is 5.91 Å². The smallest absolute Gasteiger partial charge is 0.251 e. The highest BCUT2D eigenvalue weighted by molar-refractivity contribution is 5.81. The zero-order chi connectivity index (χ0) is 14.0. The minimum Gasteiger partial charge on any atom is -0.383 e. The Morgan fingerprint density at radius 2 is 2.00 bits per heavy atom. The molecule has 2 aliphatic heterocycles. The summed E-state index contributed by atoms with van der Waals surface area (Å²) in [6, 6.07) is 0. The summed E-state index contributed by atoms with van der Waals surface area (Å²) >= 11 is 0. The molecule has 1 amide bonds. The predicted octanol–water partition coefficient (Wildman–Crippen LogP) is 1.34. The molecule has 1 spiro atoms. The summed E-state index contributed by atoms with van der Waals surface area (Å²) in [6.07, 6.45) is 2.73. The number of aliphatic hydroxyl groups excluding tert-OH is 1. The molecule has 0 aromatic rings. The number of amides is 1. The van der Waals surface area contributed by atoms with Gasteiger partial charge in [-0.25, -0.2) is 0 Å². The van der Waals surface area contributed by atoms with Crippen LogP contribution in [0.2, 0.25) is 0 Å². The number of likely N-dealkylation sites (tertiary alicyclic amines) is 2. The van der Waals surface area contributed by atoms with Crippen LogP contribution in [0.3, 0.4) is 0 Å². The summed E-state index contributed by atoms with van der Waals surface area (Å²) in [5, 5.41) is 9.94. The van der Waals surface area contributed by atoms with E-state index < -0.39 is 6.10 Å². The molecule has 2 fully saturated rings. The molecule has 2 atom stereocenters. The molecule has 0 aromatic heterocycles. The van der Waals surface area contributed by atoms with Crippen molar-refractivity contribution in [2.75, 3.05) is 32.7 Å². The quantitative estimate of drug-likeness (QED) is 0.840. The van der Waals surface area contributed by atoms with E-state index in [2.05, 4.69) is 11.8 Å². The van der Waals surface area contributed by atoms with Gasteiger partial charge in [-0.05, 0) is 38.3 Å². The first kappa shape index (κ1) is 14.8. The van der Waals surface area contributed by atoms with E-state index in [1.54, 1.807) is 0 Å². The second-order valence-corrected chi connectivity index (χ2v) is 6.67. The Balaban J connectivity index is 1.97. The number of hydrogen-bond donors (Lipinski definition) is 1. The van der Waals surface area contributed by atoms with Gasteiger partial charge in [0.1, 0.15) is 6.10 Å². The number of rotatable bonds is 3. The van der Waals surface area contributed by atoms with Crippen LogP contribution in [0, 0.1) is 11.3 Å². The highest BCUT2D eigenvalue weighted by atomic mass is 16.3. The second kappa shape index (κ2) is 5.80. The average molecular weight is 268 g/mol. The van der Waals surface area contributed by atoms with Crippen LogP contribution in [-0.2, 0) is 4.79 Å². The van der Waals surface area contributed by atoms with Crippen LogP contribution in [0.5, 0.6) is 0 Å². The summed E-state index contributed by atoms with van der Waals surface area (Å²) in [4.78, 5) is 16.6. The van der Waals surface area contributed by atoms with Gasteiger partial charge in [-0.3, -0.25) is 4.79 Å². The maximum absolute atomic E-state index is 12.2. The van der Waals surface area contributed by atoms with Crippen molar-refractivity contribution in [3.8, 4) is 0 Å². The van der Waals surface area contributed by atoms with Gasteiger partial charge in [-0.1, -0.05) is 20.8 Å². The lowest BCUT2D eigenvalue weighted by Crippen LogP contribution is -2.46. The fraction of sp³-hybridized carbons (Fsp3) is 0.933. The molecule has 0 radical (unpaired) electrons. The van der Waals surface area contributed by atoms with E-state index in [-0.39, 0.29) is 11.8 Å². The third-order valence-electron chi connectivity index (χ3n) is 4.82. The number of hydrogen-bond acceptors (Lipinski definition) is 3. The third kappa shape index (κ3) is 3.11. The summed E-state index contributed by atoms with van der Waals surface area (Å²) in [7, 11) is 0. The van der Waals surface area contributed by atoms with Crippen molar-refractivity contribution in [1.29, 1.82) is 0 Å². The van der Waals surface area contributed by atoms with E-state index in [0.717, 1.165) is 32.6 Å². The lowest BCUT2D eigenvalue weighted by Gasteiger charge is -2.40. The minimum atomic E-state index is -0.832. The van der Waals surface area contributed by atoms with Crippen LogP contribution < -0.4 is 0 Å². The molecule has 0 aromatic carbocycles. The third-order valence-corrected chi connectivity index (χ3v) is 4.82. The largest absolute Gasteiger partial charge is 0.383 e. The Hall–Kier alpha value is -0.610. The molecule has 19 heavy (non-hydrogen) atoms. The van der Waals surface area contributed by atoms with Crippen LogP contribution in [0.25, 0.3) is 0 Å². The average Bonchev–Trinajstić information content (AvgIpc) is 2.80. The Morgan fingerprint density at radius 3 is 2.63 bits per heavy atom. The van der Waals surface area contributed by atoms with Gasteiger partial charge >= 0.3 is 0 Å². The van der Waals surface area contributed by atoms with Crippen molar-refractivity contribution in [2.45, 2.75) is 46.1 Å². The predicted molar refractivity (Wildman–Crippen MR) is 75.8 cm³/mol. The highest BCUT2D eigenvalue weighted by Gasteiger charge is 2.43. The first-order chi connectivity index (χ1) is 8.97. The molecule has 1 N–H and O–H groups in total. The van der Waals surface area contributed by atoms with E-state index in [0.29, 0.717) is 5.41 Å². The second-order valence-electron chi connectivity index (χ2n) is 6.67. The van der Waals surface area contributed by atoms with Crippen LogP contribution >= 0.6 is 0 Å². The SMILES string of the molecule is CCN1CCCC2(CCN(C(=O)C(O)C(C)C)C2)C1. The van der Waals surface area contributed by atoms with Crippen molar-refractivity contribution in [3.05, 3.63) is 0 Å². The lowest BCUT2D eigenvalue weighted by atomic mass is 9.79. The standard InChI is InChI=1S/C15H28N2O2/c1-4-16-8-5-6-15(10-16)7-9-17(11-15)14(19)13(18)12(2)3/h12-13,18H,4-11H2,1-3H3. The molecule has 0 aliphatic carbocycles. The van der Waals surface area contributed by atoms with Crippen LogP contribution in [-0.4, -0.2) is 59.6 Å². The Labute approximate surface area is 116 Å². The maximum Gasteiger partial charge on any atom is 0.251 e. The molecule has 2 aliphatic rings. The Kier molecular flexibility index (Phi) is 4.51. The van der Waals surface area contributed by atoms with Crippen molar-refractivity contribution >= 4 is 5.91 Å². The van der Waals surface area contributed by atoms with Gasteiger partial charge in [-0.15, -0.1) is 0 Å². The molecule has 4 heteroatoms. The van der Waals surface area contributed by atoms with E-state index >= 15 is 0 Å². The Morgan fingerprint density at radius 1 is 1.26 bits per heavy atom.